The van der Waals surface area contributed by atoms with E-state index in [1.807, 2.05) is 0 Å². The van der Waals surface area contributed by atoms with Crippen molar-refractivity contribution in [3.8, 4) is 0 Å². The number of benzene rings is 1. The third kappa shape index (κ3) is 16.5. The van der Waals surface area contributed by atoms with Gasteiger partial charge in [0.15, 0.2) is 0 Å². The van der Waals surface area contributed by atoms with E-state index in [1.54, 1.807) is 18.2 Å². The van der Waals surface area contributed by atoms with Crippen LogP contribution in [0.15, 0.2) is 30.3 Å². The van der Waals surface area contributed by atoms with Gasteiger partial charge in [-0.15, -0.1) is 0 Å². The van der Waals surface area contributed by atoms with Gasteiger partial charge in [-0.25, -0.2) is 4.57 Å². The summed E-state index contributed by atoms with van der Waals surface area (Å²) >= 11 is 0. The minimum atomic E-state index is -3.31. The van der Waals surface area contributed by atoms with Gasteiger partial charge in [-0.05, 0) is 24.8 Å². The average molecular weight is 410 g/mol. The molecule has 0 aliphatic rings. The second-order valence-corrected chi connectivity index (χ2v) is 7.33. The molecule has 0 N–H and O–H groups in total. The first kappa shape index (κ1) is 29.0. The van der Waals surface area contributed by atoms with Crippen LogP contribution in [-0.4, -0.2) is 25.8 Å². The zero-order chi connectivity index (χ0) is 19.7. The van der Waals surface area contributed by atoms with Gasteiger partial charge in [0.25, 0.3) is 0 Å². The zero-order valence-corrected chi connectivity index (χ0v) is 20.0. The van der Waals surface area contributed by atoms with Crippen LogP contribution in [0.4, 0.5) is 0 Å². The molecule has 150 valence electrons. The Morgan fingerprint density at radius 2 is 1.22 bits per heavy atom. The van der Waals surface area contributed by atoms with Crippen LogP contribution < -0.4 is 34.7 Å². The van der Waals surface area contributed by atoms with Crippen molar-refractivity contribution < 1.29 is 57.6 Å². The maximum Gasteiger partial charge on any atom is 1.00 e. The van der Waals surface area contributed by atoms with E-state index in [1.165, 1.54) is 12.1 Å². The molecule has 0 atom stereocenters. The Bertz CT molecular complexity index is 479. The first-order valence-corrected chi connectivity index (χ1v) is 10.7. The number of phosphoric acid groups is 1. The fourth-order valence-electron chi connectivity index (χ4n) is 1.65. The molecule has 0 fully saturated rings. The van der Waals surface area contributed by atoms with Gasteiger partial charge in [0.05, 0.1) is 25.8 Å². The van der Waals surface area contributed by atoms with Crippen molar-refractivity contribution in [2.24, 2.45) is 0 Å². The molecule has 0 amide bonds. The molecule has 8 heteroatoms. The molecule has 0 saturated heterocycles. The van der Waals surface area contributed by atoms with Gasteiger partial charge in [0.2, 0.25) is 0 Å². The van der Waals surface area contributed by atoms with E-state index in [4.69, 9.17) is 13.6 Å². The molecule has 0 saturated carbocycles. The molecule has 0 bridgehead atoms. The Morgan fingerprint density at radius 3 is 1.48 bits per heavy atom. The summed E-state index contributed by atoms with van der Waals surface area (Å²) in [6.45, 7) is 7.49. The Morgan fingerprint density at radius 1 is 0.852 bits per heavy atom. The summed E-state index contributed by atoms with van der Waals surface area (Å²) < 4.78 is 28.0. The Labute approximate surface area is 185 Å². The van der Waals surface area contributed by atoms with Crippen LogP contribution in [-0.2, 0) is 18.1 Å². The second-order valence-electron chi connectivity index (χ2n) is 5.66. The van der Waals surface area contributed by atoms with Crippen LogP contribution in [0.2, 0.25) is 0 Å². The number of rotatable bonds is 13. The van der Waals surface area contributed by atoms with E-state index in [0.29, 0.717) is 19.8 Å². The van der Waals surface area contributed by atoms with Gasteiger partial charge >= 0.3 is 37.4 Å². The Balaban J connectivity index is 0. The summed E-state index contributed by atoms with van der Waals surface area (Å²) in [7, 11) is -3.31. The quantitative estimate of drug-likeness (QED) is 0.279. The molecule has 1 rings (SSSR count). The van der Waals surface area contributed by atoms with Crippen molar-refractivity contribution in [3.05, 3.63) is 35.9 Å². The molecule has 1 aromatic carbocycles. The third-order valence-electron chi connectivity index (χ3n) is 3.25. The number of carboxylic acids is 1. The minimum Gasteiger partial charge on any atom is -0.545 e. The number of carbonyl (C=O) groups is 1. The molecule has 0 aliphatic carbocycles. The van der Waals surface area contributed by atoms with Crippen molar-refractivity contribution in [3.63, 3.8) is 0 Å². The third-order valence-corrected chi connectivity index (χ3v) is 4.75. The van der Waals surface area contributed by atoms with Crippen molar-refractivity contribution in [1.29, 1.82) is 0 Å². The maximum atomic E-state index is 12.2. The number of unbranched alkanes of at least 4 members (excludes halogenated alkanes) is 3. The molecule has 0 spiro atoms. The van der Waals surface area contributed by atoms with Crippen LogP contribution in [0.1, 0.15) is 69.7 Å². The molecule has 0 unspecified atom stereocenters. The molecule has 1 aromatic rings. The minimum absolute atomic E-state index is 0. The summed E-state index contributed by atoms with van der Waals surface area (Å²) in [5.41, 5.74) is 0.220. The molecule has 0 radical (unpaired) electrons. The summed E-state index contributed by atoms with van der Waals surface area (Å²) in [6, 6.07) is 8.06. The first-order valence-electron chi connectivity index (χ1n) is 9.29. The van der Waals surface area contributed by atoms with E-state index >= 15 is 0 Å². The molecule has 27 heavy (non-hydrogen) atoms. The Kier molecular flexibility index (Phi) is 20.6. The smallest absolute Gasteiger partial charge is 0.545 e. The van der Waals surface area contributed by atoms with Crippen molar-refractivity contribution in [2.45, 2.75) is 59.3 Å². The summed E-state index contributed by atoms with van der Waals surface area (Å²) in [4.78, 5) is 10.1. The van der Waals surface area contributed by atoms with E-state index in [2.05, 4.69) is 20.8 Å². The van der Waals surface area contributed by atoms with Gasteiger partial charge in [-0.2, -0.15) is 0 Å². The van der Waals surface area contributed by atoms with E-state index < -0.39 is 13.8 Å². The van der Waals surface area contributed by atoms with Gasteiger partial charge in [0.1, 0.15) is 0 Å². The van der Waals surface area contributed by atoms with Crippen molar-refractivity contribution in [1.82, 2.24) is 0 Å². The first-order chi connectivity index (χ1) is 12.5. The van der Waals surface area contributed by atoms with E-state index in [-0.39, 0.29) is 35.1 Å². The number of hydrogen-bond donors (Lipinski definition) is 0. The topological polar surface area (TPSA) is 84.9 Å². The average Bonchev–Trinajstić information content (AvgIpc) is 2.64. The maximum absolute atomic E-state index is 12.2. The number of aromatic carboxylic acids is 1. The standard InChI is InChI=1S/C12H27O4P.C7H6O2.Na/c1-4-7-10-14-17(13,15-11-8-5-2)16-12-9-6-3;8-7(9)6-4-2-1-3-5-6;/h4-12H2,1-3H3;1-5H,(H,8,9);/q;;+1/p-1. The van der Waals surface area contributed by atoms with Crippen LogP contribution >= 0.6 is 7.82 Å². The summed E-state index contributed by atoms with van der Waals surface area (Å²) in [6.07, 6.45) is 5.63. The van der Waals surface area contributed by atoms with Gasteiger partial charge in [-0.1, -0.05) is 70.4 Å². The molecule has 6 nitrogen and oxygen atoms in total. The fourth-order valence-corrected chi connectivity index (χ4v) is 2.93. The largest absolute Gasteiger partial charge is 1.00 e. The Hall–Kier alpha value is -0.200. The van der Waals surface area contributed by atoms with Gasteiger partial charge in [0, 0.05) is 0 Å². The SMILES string of the molecule is CCCCOP(=O)(OCCCC)OCCCC.O=C([O-])c1ccccc1.[Na+]. The van der Waals surface area contributed by atoms with Crippen molar-refractivity contribution in [2.75, 3.05) is 19.8 Å². The number of carboxylic acid groups (broad SMARTS) is 1. The summed E-state index contributed by atoms with van der Waals surface area (Å²) in [5.74, 6) is -1.13. The van der Waals surface area contributed by atoms with Crippen LogP contribution in [0.3, 0.4) is 0 Å². The number of phosphoric ester groups is 1. The van der Waals surface area contributed by atoms with Gasteiger partial charge < -0.3 is 9.90 Å². The monoisotopic (exact) mass is 410 g/mol. The molecular formula is C19H32NaO6P. The van der Waals surface area contributed by atoms with E-state index in [9.17, 15) is 14.5 Å². The fraction of sp³-hybridized carbons (Fsp3) is 0.632. The molecule has 0 aromatic heterocycles. The normalized spacial score (nSPS) is 10.5. The predicted molar refractivity (Wildman–Crippen MR) is 101 cm³/mol. The molecule has 0 aliphatic heterocycles. The molecular weight excluding hydrogens is 378 g/mol. The second kappa shape index (κ2) is 19.1. The van der Waals surface area contributed by atoms with Crippen LogP contribution in [0.5, 0.6) is 0 Å². The van der Waals surface area contributed by atoms with Crippen molar-refractivity contribution >= 4 is 13.8 Å². The molecule has 0 heterocycles. The van der Waals surface area contributed by atoms with E-state index in [0.717, 1.165) is 38.5 Å². The number of hydrogen-bond acceptors (Lipinski definition) is 6. The van der Waals surface area contributed by atoms with Crippen LogP contribution in [0, 0.1) is 0 Å². The zero-order valence-electron chi connectivity index (χ0n) is 17.1. The number of carbonyl (C=O) groups excluding carboxylic acids is 1. The summed E-state index contributed by atoms with van der Waals surface area (Å²) in [5, 5.41) is 10.1. The van der Waals surface area contributed by atoms with Gasteiger partial charge in [-0.3, -0.25) is 13.6 Å². The van der Waals surface area contributed by atoms with Crippen LogP contribution in [0.25, 0.3) is 0 Å². The predicted octanol–water partition coefficient (Wildman–Crippen LogP) is 1.60.